The van der Waals surface area contributed by atoms with Gasteiger partial charge in [-0.2, -0.15) is 11.8 Å². The first-order chi connectivity index (χ1) is 9.27. The number of thioether (sulfide) groups is 1. The highest BCUT2D eigenvalue weighted by Gasteiger charge is 2.26. The van der Waals surface area contributed by atoms with Gasteiger partial charge < -0.3 is 15.7 Å². The van der Waals surface area contributed by atoms with Crippen LogP contribution < -0.4 is 10.6 Å². The van der Waals surface area contributed by atoms with E-state index in [1.165, 1.54) is 18.7 Å². The highest BCUT2D eigenvalue weighted by atomic mass is 32.2. The van der Waals surface area contributed by atoms with Crippen LogP contribution in [0, 0.1) is 5.92 Å². The van der Waals surface area contributed by atoms with Gasteiger partial charge >= 0.3 is 5.97 Å². The first-order valence-electron chi connectivity index (χ1n) is 6.57. The van der Waals surface area contributed by atoms with Gasteiger partial charge in [0, 0.05) is 6.92 Å². The normalized spacial score (nSPS) is 13.7. The van der Waals surface area contributed by atoms with Crippen LogP contribution in [-0.2, 0) is 14.4 Å². The van der Waals surface area contributed by atoms with Crippen LogP contribution in [0.25, 0.3) is 0 Å². The van der Waals surface area contributed by atoms with E-state index < -0.39 is 24.0 Å². The third-order valence-corrected chi connectivity index (χ3v) is 3.27. The maximum atomic E-state index is 12.1. The maximum Gasteiger partial charge on any atom is 0.326 e. The lowest BCUT2D eigenvalue weighted by Gasteiger charge is -2.22. The van der Waals surface area contributed by atoms with Gasteiger partial charge in [0.05, 0.1) is 0 Å². The van der Waals surface area contributed by atoms with Gasteiger partial charge in [-0.05, 0) is 30.8 Å². The Morgan fingerprint density at radius 2 is 1.75 bits per heavy atom. The molecule has 0 saturated carbocycles. The SMILES string of the molecule is CSCCC(NC(=O)C(CC(C)C)NC(C)=O)C(=O)O. The van der Waals surface area contributed by atoms with Gasteiger partial charge in [-0.3, -0.25) is 9.59 Å². The Morgan fingerprint density at radius 1 is 1.15 bits per heavy atom. The van der Waals surface area contributed by atoms with Crippen molar-refractivity contribution in [2.75, 3.05) is 12.0 Å². The monoisotopic (exact) mass is 304 g/mol. The van der Waals surface area contributed by atoms with Gasteiger partial charge in [0.15, 0.2) is 0 Å². The van der Waals surface area contributed by atoms with Crippen LogP contribution in [0.5, 0.6) is 0 Å². The molecular weight excluding hydrogens is 280 g/mol. The first-order valence-corrected chi connectivity index (χ1v) is 7.96. The molecule has 20 heavy (non-hydrogen) atoms. The lowest BCUT2D eigenvalue weighted by Crippen LogP contribution is -2.51. The summed E-state index contributed by atoms with van der Waals surface area (Å²) in [6, 6.07) is -1.61. The molecule has 7 heteroatoms. The molecule has 2 amide bonds. The standard InChI is InChI=1S/C13H24N2O4S/c1-8(2)7-11(14-9(3)16)12(17)15-10(13(18)19)5-6-20-4/h8,10-11H,5-7H2,1-4H3,(H,14,16)(H,15,17)(H,18,19). The number of hydrogen-bond donors (Lipinski definition) is 3. The molecule has 0 spiro atoms. The Labute approximate surface area is 124 Å². The van der Waals surface area contributed by atoms with Crippen molar-refractivity contribution in [2.45, 2.75) is 45.7 Å². The zero-order valence-electron chi connectivity index (χ0n) is 12.4. The van der Waals surface area contributed by atoms with E-state index in [0.29, 0.717) is 18.6 Å². The maximum absolute atomic E-state index is 12.1. The van der Waals surface area contributed by atoms with Crippen molar-refractivity contribution in [3.05, 3.63) is 0 Å². The predicted octanol–water partition coefficient (Wildman–Crippen LogP) is 0.860. The fraction of sp³-hybridized carbons (Fsp3) is 0.769. The number of amides is 2. The zero-order chi connectivity index (χ0) is 15.7. The van der Waals surface area contributed by atoms with Gasteiger partial charge in [-0.15, -0.1) is 0 Å². The van der Waals surface area contributed by atoms with E-state index in [2.05, 4.69) is 10.6 Å². The number of nitrogens with one attached hydrogen (secondary N) is 2. The minimum Gasteiger partial charge on any atom is -0.480 e. The van der Waals surface area contributed by atoms with Crippen molar-refractivity contribution in [3.8, 4) is 0 Å². The van der Waals surface area contributed by atoms with E-state index in [1.54, 1.807) is 0 Å². The Balaban J connectivity index is 4.68. The van der Waals surface area contributed by atoms with Crippen LogP contribution in [0.4, 0.5) is 0 Å². The quantitative estimate of drug-likeness (QED) is 0.587. The number of carboxylic acids is 1. The number of hydrogen-bond acceptors (Lipinski definition) is 4. The summed E-state index contributed by atoms with van der Waals surface area (Å²) in [5.41, 5.74) is 0. The molecule has 6 nitrogen and oxygen atoms in total. The lowest BCUT2D eigenvalue weighted by molar-refractivity contribution is -0.142. The van der Waals surface area contributed by atoms with E-state index in [0.717, 1.165) is 0 Å². The molecule has 2 atom stereocenters. The minimum absolute atomic E-state index is 0.215. The number of carboxylic acid groups (broad SMARTS) is 1. The fourth-order valence-electron chi connectivity index (χ4n) is 1.71. The summed E-state index contributed by atoms with van der Waals surface area (Å²) < 4.78 is 0. The highest BCUT2D eigenvalue weighted by molar-refractivity contribution is 7.98. The summed E-state index contributed by atoms with van der Waals surface area (Å²) in [6.07, 6.45) is 2.70. The number of aliphatic carboxylic acids is 1. The summed E-state index contributed by atoms with van der Waals surface area (Å²) in [5.74, 6) is -0.943. The second-order valence-electron chi connectivity index (χ2n) is 5.06. The van der Waals surface area contributed by atoms with E-state index in [9.17, 15) is 14.4 Å². The second kappa shape index (κ2) is 9.63. The molecule has 0 aliphatic carbocycles. The smallest absolute Gasteiger partial charge is 0.326 e. The average molecular weight is 304 g/mol. The Kier molecular flexibility index (Phi) is 9.03. The van der Waals surface area contributed by atoms with Crippen molar-refractivity contribution in [1.82, 2.24) is 10.6 Å². The summed E-state index contributed by atoms with van der Waals surface area (Å²) >= 11 is 1.52. The number of carbonyl (C=O) groups excluding carboxylic acids is 2. The van der Waals surface area contributed by atoms with Gasteiger partial charge in [-0.25, -0.2) is 4.79 Å². The third-order valence-electron chi connectivity index (χ3n) is 2.63. The number of carbonyl (C=O) groups is 3. The molecule has 0 bridgehead atoms. The van der Waals surface area contributed by atoms with E-state index in [1.807, 2.05) is 20.1 Å². The summed E-state index contributed by atoms with van der Waals surface area (Å²) in [5, 5.41) is 14.1. The number of rotatable bonds is 9. The highest BCUT2D eigenvalue weighted by Crippen LogP contribution is 2.07. The largest absolute Gasteiger partial charge is 0.480 e. The molecule has 2 unspecified atom stereocenters. The van der Waals surface area contributed by atoms with Crippen molar-refractivity contribution >= 4 is 29.5 Å². The van der Waals surface area contributed by atoms with Crippen LogP contribution in [0.1, 0.15) is 33.6 Å². The Hall–Kier alpha value is -1.24. The topological polar surface area (TPSA) is 95.5 Å². The molecule has 0 aromatic carbocycles. The van der Waals surface area contributed by atoms with Crippen molar-refractivity contribution in [3.63, 3.8) is 0 Å². The van der Waals surface area contributed by atoms with E-state index >= 15 is 0 Å². The molecule has 0 saturated heterocycles. The molecule has 116 valence electrons. The fourth-order valence-corrected chi connectivity index (χ4v) is 2.19. The van der Waals surface area contributed by atoms with Gasteiger partial charge in [0.1, 0.15) is 12.1 Å². The lowest BCUT2D eigenvalue weighted by atomic mass is 10.0. The Morgan fingerprint density at radius 3 is 2.15 bits per heavy atom. The molecular formula is C13H24N2O4S. The van der Waals surface area contributed by atoms with Crippen LogP contribution in [-0.4, -0.2) is 47.0 Å². The van der Waals surface area contributed by atoms with Gasteiger partial charge in [-0.1, -0.05) is 13.8 Å². The van der Waals surface area contributed by atoms with E-state index in [-0.39, 0.29) is 11.8 Å². The molecule has 0 radical (unpaired) electrons. The predicted molar refractivity (Wildman–Crippen MR) is 79.6 cm³/mol. The summed E-state index contributed by atoms with van der Waals surface area (Å²) in [7, 11) is 0. The van der Waals surface area contributed by atoms with E-state index in [4.69, 9.17) is 5.11 Å². The molecule has 0 rings (SSSR count). The first kappa shape index (κ1) is 18.8. The van der Waals surface area contributed by atoms with Crippen LogP contribution >= 0.6 is 11.8 Å². The molecule has 3 N–H and O–H groups in total. The molecule has 0 aromatic rings. The third kappa shape index (κ3) is 8.04. The average Bonchev–Trinajstić information content (AvgIpc) is 2.31. The summed E-state index contributed by atoms with van der Waals surface area (Å²) in [6.45, 7) is 5.21. The molecule has 0 aliphatic heterocycles. The van der Waals surface area contributed by atoms with Crippen LogP contribution in [0.15, 0.2) is 0 Å². The van der Waals surface area contributed by atoms with Crippen LogP contribution in [0.3, 0.4) is 0 Å². The van der Waals surface area contributed by atoms with Crippen molar-refractivity contribution < 1.29 is 19.5 Å². The molecule has 0 fully saturated rings. The summed E-state index contributed by atoms with van der Waals surface area (Å²) in [4.78, 5) is 34.3. The Bertz CT molecular complexity index is 347. The molecule has 0 heterocycles. The van der Waals surface area contributed by atoms with Gasteiger partial charge in [0.25, 0.3) is 0 Å². The van der Waals surface area contributed by atoms with Gasteiger partial charge in [0.2, 0.25) is 11.8 Å². The van der Waals surface area contributed by atoms with Crippen molar-refractivity contribution in [2.24, 2.45) is 5.92 Å². The second-order valence-corrected chi connectivity index (χ2v) is 6.05. The molecule has 0 aromatic heterocycles. The minimum atomic E-state index is -1.06. The molecule has 0 aliphatic rings. The van der Waals surface area contributed by atoms with Crippen molar-refractivity contribution in [1.29, 1.82) is 0 Å². The van der Waals surface area contributed by atoms with Crippen LogP contribution in [0.2, 0.25) is 0 Å². The zero-order valence-corrected chi connectivity index (χ0v) is 13.3.